The average Bonchev–Trinajstić information content (AvgIpc) is 3.03. The predicted molar refractivity (Wildman–Crippen MR) is 85.8 cm³/mol. The molecule has 2 atom stereocenters. The molecule has 1 saturated carbocycles. The van der Waals surface area contributed by atoms with Crippen LogP contribution in [0.4, 0.5) is 4.79 Å². The van der Waals surface area contributed by atoms with Gasteiger partial charge in [-0.1, -0.05) is 0 Å². The number of hydrogen-bond acceptors (Lipinski definition) is 4. The average molecular weight is 322 g/mol. The molecule has 1 heterocycles. The molecular formula is C17H26N2O4. The molecule has 0 radical (unpaired) electrons. The fourth-order valence-corrected chi connectivity index (χ4v) is 2.75. The van der Waals surface area contributed by atoms with Crippen LogP contribution in [-0.2, 0) is 16.1 Å². The van der Waals surface area contributed by atoms with E-state index in [-0.39, 0.29) is 17.9 Å². The van der Waals surface area contributed by atoms with Crippen molar-refractivity contribution < 1.29 is 18.7 Å². The van der Waals surface area contributed by atoms with E-state index in [1.54, 1.807) is 6.26 Å². The smallest absolute Gasteiger partial charge is 0.407 e. The Morgan fingerprint density at radius 3 is 2.70 bits per heavy atom. The fourth-order valence-electron chi connectivity index (χ4n) is 2.75. The van der Waals surface area contributed by atoms with Gasteiger partial charge in [0.05, 0.1) is 6.26 Å². The molecule has 1 aromatic rings. The molecule has 1 fully saturated rings. The molecule has 6 nitrogen and oxygen atoms in total. The summed E-state index contributed by atoms with van der Waals surface area (Å²) in [6.45, 7) is 7.83. The van der Waals surface area contributed by atoms with Crippen molar-refractivity contribution >= 4 is 12.0 Å². The molecule has 0 saturated heterocycles. The van der Waals surface area contributed by atoms with Gasteiger partial charge in [-0.25, -0.2) is 4.79 Å². The van der Waals surface area contributed by atoms with Crippen LogP contribution in [0.3, 0.4) is 0 Å². The Bertz CT molecular complexity index is 559. The van der Waals surface area contributed by atoms with Gasteiger partial charge in [-0.2, -0.15) is 0 Å². The lowest BCUT2D eigenvalue weighted by atomic mass is 10.1. The molecule has 1 aromatic heterocycles. The van der Waals surface area contributed by atoms with E-state index in [1.165, 1.54) is 0 Å². The summed E-state index contributed by atoms with van der Waals surface area (Å²) in [5.74, 6) is 0.780. The molecule has 6 heteroatoms. The number of ether oxygens (including phenoxy) is 1. The number of carbonyl (C=O) groups excluding carboxylic acids is 2. The van der Waals surface area contributed by atoms with E-state index in [4.69, 9.17) is 9.15 Å². The van der Waals surface area contributed by atoms with Crippen molar-refractivity contribution in [1.29, 1.82) is 0 Å². The molecule has 23 heavy (non-hydrogen) atoms. The molecule has 128 valence electrons. The van der Waals surface area contributed by atoms with E-state index in [0.29, 0.717) is 13.0 Å². The molecule has 0 aromatic carbocycles. The monoisotopic (exact) mass is 322 g/mol. The summed E-state index contributed by atoms with van der Waals surface area (Å²) >= 11 is 0. The van der Waals surface area contributed by atoms with Gasteiger partial charge >= 0.3 is 6.09 Å². The largest absolute Gasteiger partial charge is 0.469 e. The zero-order valence-electron chi connectivity index (χ0n) is 14.3. The van der Waals surface area contributed by atoms with Crippen molar-refractivity contribution in [2.45, 2.75) is 65.1 Å². The quantitative estimate of drug-likeness (QED) is 0.893. The molecule has 2 N–H and O–H groups in total. The second kappa shape index (κ2) is 7.06. The lowest BCUT2D eigenvalue weighted by Gasteiger charge is -2.21. The molecule has 1 aliphatic rings. The van der Waals surface area contributed by atoms with Crippen LogP contribution in [-0.4, -0.2) is 23.6 Å². The van der Waals surface area contributed by atoms with Gasteiger partial charge in [0.15, 0.2) is 0 Å². The summed E-state index contributed by atoms with van der Waals surface area (Å²) in [4.78, 5) is 24.0. The third kappa shape index (κ3) is 5.30. The highest BCUT2D eigenvalue weighted by Gasteiger charge is 2.31. The minimum Gasteiger partial charge on any atom is -0.469 e. The first-order valence-electron chi connectivity index (χ1n) is 8.05. The number of amides is 2. The standard InChI is InChI=1S/C17H26N2O4/c1-11-13(7-8-22-11)10-18-15(20)12-5-6-14(9-12)19-16(21)23-17(2,3)4/h7-8,12,14H,5-6,9-10H2,1-4H3,(H,18,20)(H,19,21)/t12-,14-/m0/s1. The van der Waals surface area contributed by atoms with Crippen LogP contribution in [0.15, 0.2) is 16.7 Å². The Morgan fingerprint density at radius 1 is 1.35 bits per heavy atom. The second-order valence-corrected chi connectivity index (χ2v) is 7.07. The number of carbonyl (C=O) groups is 2. The molecular weight excluding hydrogens is 296 g/mol. The molecule has 0 spiro atoms. The van der Waals surface area contributed by atoms with Crippen molar-refractivity contribution in [2.75, 3.05) is 0 Å². The van der Waals surface area contributed by atoms with Crippen LogP contribution in [0.2, 0.25) is 0 Å². The normalized spacial score (nSPS) is 21.0. The summed E-state index contributed by atoms with van der Waals surface area (Å²) in [5, 5.41) is 5.78. The van der Waals surface area contributed by atoms with E-state index in [2.05, 4.69) is 10.6 Å². The number of hydrogen-bond donors (Lipinski definition) is 2. The minimum absolute atomic E-state index is 0.00346. The van der Waals surface area contributed by atoms with Gasteiger partial charge in [-0.05, 0) is 53.0 Å². The molecule has 0 aliphatic heterocycles. The highest BCUT2D eigenvalue weighted by molar-refractivity contribution is 5.79. The summed E-state index contributed by atoms with van der Waals surface area (Å²) in [7, 11) is 0. The van der Waals surface area contributed by atoms with Gasteiger partial charge in [-0.3, -0.25) is 4.79 Å². The summed E-state index contributed by atoms with van der Waals surface area (Å²) in [6, 6.07) is 1.85. The highest BCUT2D eigenvalue weighted by Crippen LogP contribution is 2.26. The van der Waals surface area contributed by atoms with Gasteiger partial charge in [0.1, 0.15) is 11.4 Å². The van der Waals surface area contributed by atoms with Crippen molar-refractivity contribution in [2.24, 2.45) is 5.92 Å². The van der Waals surface area contributed by atoms with Crippen LogP contribution in [0.5, 0.6) is 0 Å². The van der Waals surface area contributed by atoms with Gasteiger partial charge in [0.2, 0.25) is 5.91 Å². The van der Waals surface area contributed by atoms with E-state index in [0.717, 1.165) is 24.2 Å². The zero-order valence-corrected chi connectivity index (χ0v) is 14.3. The third-order valence-corrected chi connectivity index (χ3v) is 3.94. The number of rotatable bonds is 4. The molecule has 2 amide bonds. The van der Waals surface area contributed by atoms with Crippen LogP contribution in [0, 0.1) is 12.8 Å². The fraction of sp³-hybridized carbons (Fsp3) is 0.647. The maximum absolute atomic E-state index is 12.2. The summed E-state index contributed by atoms with van der Waals surface area (Å²) in [5.41, 5.74) is 0.474. The maximum Gasteiger partial charge on any atom is 0.407 e. The molecule has 2 rings (SSSR count). The number of nitrogens with one attached hydrogen (secondary N) is 2. The first-order valence-corrected chi connectivity index (χ1v) is 8.05. The maximum atomic E-state index is 12.2. The van der Waals surface area contributed by atoms with Crippen LogP contribution in [0.1, 0.15) is 51.4 Å². The lowest BCUT2D eigenvalue weighted by Crippen LogP contribution is -2.38. The van der Waals surface area contributed by atoms with Gasteiger partial charge in [0.25, 0.3) is 0 Å². The van der Waals surface area contributed by atoms with Gasteiger partial charge < -0.3 is 19.8 Å². The highest BCUT2D eigenvalue weighted by atomic mass is 16.6. The van der Waals surface area contributed by atoms with Crippen molar-refractivity contribution in [3.8, 4) is 0 Å². The topological polar surface area (TPSA) is 80.6 Å². The number of aryl methyl sites for hydroxylation is 1. The van der Waals surface area contributed by atoms with E-state index in [9.17, 15) is 9.59 Å². The number of furan rings is 1. The van der Waals surface area contributed by atoms with Crippen molar-refractivity contribution in [3.63, 3.8) is 0 Å². The first-order chi connectivity index (χ1) is 10.7. The number of alkyl carbamates (subject to hydrolysis) is 1. The second-order valence-electron chi connectivity index (χ2n) is 7.07. The molecule has 0 unspecified atom stereocenters. The Morgan fingerprint density at radius 2 is 2.09 bits per heavy atom. The summed E-state index contributed by atoms with van der Waals surface area (Å²) in [6.07, 6.45) is 3.42. The van der Waals surface area contributed by atoms with Crippen LogP contribution in [0.25, 0.3) is 0 Å². The summed E-state index contributed by atoms with van der Waals surface area (Å²) < 4.78 is 10.5. The van der Waals surface area contributed by atoms with Gasteiger partial charge in [-0.15, -0.1) is 0 Å². The predicted octanol–water partition coefficient (Wildman–Crippen LogP) is 2.90. The SMILES string of the molecule is Cc1occc1CNC(=O)[C@H]1CC[C@H](NC(=O)OC(C)(C)C)C1. The Balaban J connectivity index is 1.75. The molecule has 0 bridgehead atoms. The minimum atomic E-state index is -0.512. The first kappa shape index (κ1) is 17.4. The van der Waals surface area contributed by atoms with E-state index in [1.807, 2.05) is 33.8 Å². The molecule has 1 aliphatic carbocycles. The Hall–Kier alpha value is -1.98. The Labute approximate surface area is 137 Å². The van der Waals surface area contributed by atoms with Crippen molar-refractivity contribution in [1.82, 2.24) is 10.6 Å². The van der Waals surface area contributed by atoms with Crippen LogP contribution >= 0.6 is 0 Å². The zero-order chi connectivity index (χ0) is 17.0. The Kier molecular flexibility index (Phi) is 5.34. The van der Waals surface area contributed by atoms with Crippen LogP contribution < -0.4 is 10.6 Å². The van der Waals surface area contributed by atoms with E-state index >= 15 is 0 Å². The van der Waals surface area contributed by atoms with E-state index < -0.39 is 11.7 Å². The van der Waals surface area contributed by atoms with Gasteiger partial charge in [0, 0.05) is 24.1 Å². The lowest BCUT2D eigenvalue weighted by molar-refractivity contribution is -0.125. The van der Waals surface area contributed by atoms with Crippen molar-refractivity contribution in [3.05, 3.63) is 23.7 Å². The third-order valence-electron chi connectivity index (χ3n) is 3.94.